The van der Waals surface area contributed by atoms with Gasteiger partial charge in [0, 0.05) is 31.8 Å². The van der Waals surface area contributed by atoms with E-state index in [2.05, 4.69) is 0 Å². The predicted octanol–water partition coefficient (Wildman–Crippen LogP) is 2.41. The standard InChI is InChI=1S/C18H24N2O3S/c21-18(19-12-6-1-2-7-13-19)16-10-14-20(15-11-16)24(22,23)17-8-4-3-5-9-17/h3-5,8-10H,1-2,6-7,11-15H2. The molecular formula is C18H24N2O3S. The molecule has 6 heteroatoms. The molecule has 2 aliphatic rings. The van der Waals surface area contributed by atoms with Crippen LogP contribution in [-0.4, -0.2) is 49.7 Å². The van der Waals surface area contributed by atoms with Crippen molar-refractivity contribution in [1.29, 1.82) is 0 Å². The molecule has 0 spiro atoms. The Labute approximate surface area is 144 Å². The summed E-state index contributed by atoms with van der Waals surface area (Å²) in [7, 11) is -3.48. The summed E-state index contributed by atoms with van der Waals surface area (Å²) in [6.45, 7) is 2.28. The fourth-order valence-corrected chi connectivity index (χ4v) is 4.68. The monoisotopic (exact) mass is 348 g/mol. The van der Waals surface area contributed by atoms with Gasteiger partial charge in [-0.25, -0.2) is 8.42 Å². The highest BCUT2D eigenvalue weighted by Gasteiger charge is 2.28. The summed E-state index contributed by atoms with van der Waals surface area (Å²) in [5.74, 6) is 0.0914. The van der Waals surface area contributed by atoms with Crippen LogP contribution < -0.4 is 0 Å². The molecule has 1 aromatic rings. The molecule has 0 saturated carbocycles. The SMILES string of the molecule is O=C(C1=CCN(S(=O)(=O)c2ccccc2)CC1)N1CCCCCC1. The van der Waals surface area contributed by atoms with Crippen LogP contribution in [0.25, 0.3) is 0 Å². The van der Waals surface area contributed by atoms with Crippen molar-refractivity contribution in [3.05, 3.63) is 42.0 Å². The molecule has 24 heavy (non-hydrogen) atoms. The summed E-state index contributed by atoms with van der Waals surface area (Å²) in [6, 6.07) is 8.46. The highest BCUT2D eigenvalue weighted by atomic mass is 32.2. The third-order valence-corrected chi connectivity index (χ3v) is 6.60. The third-order valence-electron chi connectivity index (χ3n) is 4.72. The van der Waals surface area contributed by atoms with Crippen LogP contribution in [-0.2, 0) is 14.8 Å². The average Bonchev–Trinajstić information content (AvgIpc) is 2.91. The number of hydrogen-bond acceptors (Lipinski definition) is 3. The van der Waals surface area contributed by atoms with Crippen LogP contribution in [0.15, 0.2) is 46.9 Å². The number of nitrogens with zero attached hydrogens (tertiary/aromatic N) is 2. The van der Waals surface area contributed by atoms with Gasteiger partial charge in [-0.1, -0.05) is 37.1 Å². The molecule has 0 atom stereocenters. The maximum absolute atomic E-state index is 12.6. The smallest absolute Gasteiger partial charge is 0.249 e. The van der Waals surface area contributed by atoms with Crippen molar-refractivity contribution < 1.29 is 13.2 Å². The number of likely N-dealkylation sites (tertiary alicyclic amines) is 1. The van der Waals surface area contributed by atoms with E-state index in [9.17, 15) is 13.2 Å². The molecule has 2 heterocycles. The molecule has 2 aliphatic heterocycles. The number of amides is 1. The van der Waals surface area contributed by atoms with E-state index in [1.807, 2.05) is 4.90 Å². The molecule has 130 valence electrons. The van der Waals surface area contributed by atoms with E-state index in [1.165, 1.54) is 17.1 Å². The van der Waals surface area contributed by atoms with Crippen LogP contribution in [0.1, 0.15) is 32.1 Å². The number of carbonyl (C=O) groups is 1. The molecule has 0 bridgehead atoms. The summed E-state index contributed by atoms with van der Waals surface area (Å²) >= 11 is 0. The van der Waals surface area contributed by atoms with Crippen LogP contribution in [0.2, 0.25) is 0 Å². The Hall–Kier alpha value is -1.66. The molecule has 0 radical (unpaired) electrons. The van der Waals surface area contributed by atoms with E-state index < -0.39 is 10.0 Å². The molecule has 0 unspecified atom stereocenters. The van der Waals surface area contributed by atoms with Gasteiger partial charge < -0.3 is 4.90 Å². The largest absolute Gasteiger partial charge is 0.339 e. The van der Waals surface area contributed by atoms with E-state index in [-0.39, 0.29) is 12.5 Å². The summed E-state index contributed by atoms with van der Waals surface area (Å²) in [4.78, 5) is 14.9. The van der Waals surface area contributed by atoms with Crippen LogP contribution in [0, 0.1) is 0 Å². The zero-order chi connectivity index (χ0) is 17.0. The van der Waals surface area contributed by atoms with Gasteiger partial charge in [-0.3, -0.25) is 4.79 Å². The molecular weight excluding hydrogens is 324 g/mol. The summed E-state index contributed by atoms with van der Waals surface area (Å²) in [6.07, 6.45) is 6.78. The summed E-state index contributed by atoms with van der Waals surface area (Å²) in [5.41, 5.74) is 0.761. The van der Waals surface area contributed by atoms with Gasteiger partial charge in [0.15, 0.2) is 0 Å². The Morgan fingerprint density at radius 2 is 1.58 bits per heavy atom. The fourth-order valence-electron chi connectivity index (χ4n) is 3.28. The molecule has 1 aromatic carbocycles. The lowest BCUT2D eigenvalue weighted by atomic mass is 10.1. The minimum Gasteiger partial charge on any atom is -0.339 e. The molecule has 1 saturated heterocycles. The van der Waals surface area contributed by atoms with Gasteiger partial charge in [0.1, 0.15) is 0 Å². The zero-order valence-electron chi connectivity index (χ0n) is 13.9. The number of carbonyl (C=O) groups excluding carboxylic acids is 1. The van der Waals surface area contributed by atoms with E-state index in [0.717, 1.165) is 31.5 Å². The Kier molecular flexibility index (Phi) is 5.36. The van der Waals surface area contributed by atoms with E-state index in [4.69, 9.17) is 0 Å². The highest BCUT2D eigenvalue weighted by Crippen LogP contribution is 2.22. The Morgan fingerprint density at radius 3 is 2.17 bits per heavy atom. The quantitative estimate of drug-likeness (QED) is 0.843. The van der Waals surface area contributed by atoms with Gasteiger partial charge in [0.05, 0.1) is 4.90 Å². The van der Waals surface area contributed by atoms with Crippen LogP contribution >= 0.6 is 0 Å². The first-order chi connectivity index (χ1) is 11.6. The Balaban J connectivity index is 1.68. The van der Waals surface area contributed by atoms with Gasteiger partial charge in [0.25, 0.3) is 0 Å². The van der Waals surface area contributed by atoms with Crippen LogP contribution in [0.4, 0.5) is 0 Å². The lowest BCUT2D eigenvalue weighted by Gasteiger charge is -2.28. The van der Waals surface area contributed by atoms with Crippen molar-refractivity contribution in [2.45, 2.75) is 37.0 Å². The number of sulfonamides is 1. The summed E-state index contributed by atoms with van der Waals surface area (Å²) < 4.78 is 26.7. The minimum atomic E-state index is -3.48. The highest BCUT2D eigenvalue weighted by molar-refractivity contribution is 7.89. The molecule has 1 amide bonds. The maximum atomic E-state index is 12.6. The second-order valence-electron chi connectivity index (χ2n) is 6.36. The summed E-state index contributed by atoms with van der Waals surface area (Å²) in [5, 5.41) is 0. The van der Waals surface area contributed by atoms with Gasteiger partial charge >= 0.3 is 0 Å². The molecule has 0 aromatic heterocycles. The maximum Gasteiger partial charge on any atom is 0.249 e. The van der Waals surface area contributed by atoms with Gasteiger partial charge in [0.2, 0.25) is 15.9 Å². The molecule has 0 N–H and O–H groups in total. The molecule has 1 fully saturated rings. The first-order valence-electron chi connectivity index (χ1n) is 8.62. The van der Waals surface area contributed by atoms with Crippen molar-refractivity contribution in [2.75, 3.05) is 26.2 Å². The zero-order valence-corrected chi connectivity index (χ0v) is 14.7. The Morgan fingerprint density at radius 1 is 0.917 bits per heavy atom. The molecule has 5 nitrogen and oxygen atoms in total. The van der Waals surface area contributed by atoms with Crippen LogP contribution in [0.5, 0.6) is 0 Å². The van der Waals surface area contributed by atoms with Crippen molar-refractivity contribution >= 4 is 15.9 Å². The van der Waals surface area contributed by atoms with E-state index in [1.54, 1.807) is 36.4 Å². The van der Waals surface area contributed by atoms with E-state index >= 15 is 0 Å². The van der Waals surface area contributed by atoms with Gasteiger partial charge in [-0.05, 0) is 31.4 Å². The topological polar surface area (TPSA) is 57.7 Å². The number of rotatable bonds is 3. The third kappa shape index (κ3) is 3.70. The van der Waals surface area contributed by atoms with Gasteiger partial charge in [-0.15, -0.1) is 0 Å². The average molecular weight is 348 g/mol. The lowest BCUT2D eigenvalue weighted by Crippen LogP contribution is -2.39. The molecule has 3 rings (SSSR count). The lowest BCUT2D eigenvalue weighted by molar-refractivity contribution is -0.127. The normalized spacial score (nSPS) is 20.3. The van der Waals surface area contributed by atoms with Gasteiger partial charge in [-0.2, -0.15) is 4.31 Å². The van der Waals surface area contributed by atoms with E-state index in [0.29, 0.717) is 17.9 Å². The predicted molar refractivity (Wildman–Crippen MR) is 92.9 cm³/mol. The van der Waals surface area contributed by atoms with Crippen LogP contribution in [0.3, 0.4) is 0 Å². The second-order valence-corrected chi connectivity index (χ2v) is 8.30. The Bertz CT molecular complexity index is 705. The van der Waals surface area contributed by atoms with Crippen molar-refractivity contribution in [3.63, 3.8) is 0 Å². The van der Waals surface area contributed by atoms with Crippen molar-refractivity contribution in [3.8, 4) is 0 Å². The number of benzene rings is 1. The first-order valence-corrected chi connectivity index (χ1v) is 10.1. The fraction of sp³-hybridized carbons (Fsp3) is 0.500. The van der Waals surface area contributed by atoms with Crippen molar-refractivity contribution in [1.82, 2.24) is 9.21 Å². The van der Waals surface area contributed by atoms with Crippen molar-refractivity contribution in [2.24, 2.45) is 0 Å². The number of hydrogen-bond donors (Lipinski definition) is 0. The minimum absolute atomic E-state index is 0.0914. The molecule has 0 aliphatic carbocycles. The first kappa shape index (κ1) is 17.2. The second kappa shape index (κ2) is 7.49.